The van der Waals surface area contributed by atoms with E-state index in [0.717, 1.165) is 48.5 Å². The fraction of sp³-hybridized carbons (Fsp3) is 0.462. The third-order valence-electron chi connectivity index (χ3n) is 6.38. The second-order valence-electron chi connectivity index (χ2n) is 8.99. The molecule has 0 radical (unpaired) electrons. The lowest BCUT2D eigenvalue weighted by Crippen LogP contribution is -2.39. The van der Waals surface area contributed by atoms with Gasteiger partial charge in [0.25, 0.3) is 0 Å². The zero-order valence-corrected chi connectivity index (χ0v) is 24.0. The molecule has 4 rings (SSSR count). The number of ether oxygens (including phenoxy) is 2. The largest absolute Gasteiger partial charge is 0.494 e. The zero-order valence-electron chi connectivity index (χ0n) is 21.5. The molecule has 0 atom stereocenters. The van der Waals surface area contributed by atoms with Gasteiger partial charge in [0.2, 0.25) is 5.91 Å². The first-order valence-corrected chi connectivity index (χ1v) is 14.8. The molecular formula is C26H33ClFN3O5S2. The number of halogens is 2. The minimum absolute atomic E-state index is 0. The van der Waals surface area contributed by atoms with Gasteiger partial charge in [-0.3, -0.25) is 14.6 Å². The number of thiazole rings is 1. The number of hydrogen-bond donors (Lipinski definition) is 0. The molecule has 38 heavy (non-hydrogen) atoms. The average molecular weight is 586 g/mol. The third-order valence-corrected chi connectivity index (χ3v) is 9.41. The van der Waals surface area contributed by atoms with Crippen LogP contribution in [0.5, 0.6) is 5.75 Å². The average Bonchev–Trinajstić information content (AvgIpc) is 3.33. The van der Waals surface area contributed by atoms with E-state index in [0.29, 0.717) is 36.2 Å². The summed E-state index contributed by atoms with van der Waals surface area (Å²) in [7, 11) is -2.02. The number of morpholine rings is 1. The first-order valence-electron chi connectivity index (χ1n) is 12.3. The normalized spacial score (nSPS) is 14.3. The van der Waals surface area contributed by atoms with Gasteiger partial charge >= 0.3 is 0 Å². The number of carbonyl (C=O) groups excluding carboxylic acids is 1. The highest BCUT2D eigenvalue weighted by molar-refractivity contribution is 7.91. The summed E-state index contributed by atoms with van der Waals surface area (Å²) >= 11 is 1.44. The van der Waals surface area contributed by atoms with Crippen molar-refractivity contribution in [1.82, 2.24) is 9.88 Å². The van der Waals surface area contributed by atoms with E-state index in [2.05, 4.69) is 4.90 Å². The second kappa shape index (κ2) is 13.7. The Kier molecular flexibility index (Phi) is 10.9. The van der Waals surface area contributed by atoms with Crippen LogP contribution >= 0.6 is 23.7 Å². The molecule has 2 heterocycles. The van der Waals surface area contributed by atoms with Crippen molar-refractivity contribution in [3.63, 3.8) is 0 Å². The van der Waals surface area contributed by atoms with E-state index in [9.17, 15) is 17.6 Å². The van der Waals surface area contributed by atoms with Crippen molar-refractivity contribution in [3.05, 3.63) is 47.8 Å². The van der Waals surface area contributed by atoms with E-state index >= 15 is 0 Å². The highest BCUT2D eigenvalue weighted by Gasteiger charge is 2.23. The Morgan fingerprint density at radius 1 is 1.16 bits per heavy atom. The number of aromatic nitrogens is 1. The Bertz CT molecular complexity index is 1330. The van der Waals surface area contributed by atoms with E-state index in [1.165, 1.54) is 23.5 Å². The number of carbonyl (C=O) groups is 1. The van der Waals surface area contributed by atoms with Crippen LogP contribution in [0, 0.1) is 12.7 Å². The van der Waals surface area contributed by atoms with Crippen molar-refractivity contribution in [2.75, 3.05) is 57.2 Å². The summed E-state index contributed by atoms with van der Waals surface area (Å²) in [5.41, 5.74) is 1.76. The predicted octanol–water partition coefficient (Wildman–Crippen LogP) is 4.48. The lowest BCUT2D eigenvalue weighted by molar-refractivity contribution is -0.118. The van der Waals surface area contributed by atoms with Crippen molar-refractivity contribution < 1.29 is 27.1 Å². The van der Waals surface area contributed by atoms with Crippen LogP contribution in [0.25, 0.3) is 10.2 Å². The maximum Gasteiger partial charge on any atom is 0.228 e. The molecular weight excluding hydrogens is 553 g/mol. The van der Waals surface area contributed by atoms with Crippen LogP contribution in [0.4, 0.5) is 9.52 Å². The molecule has 0 spiro atoms. The predicted molar refractivity (Wildman–Crippen MR) is 150 cm³/mol. The number of fused-ring (bicyclic) bond motifs is 1. The highest BCUT2D eigenvalue weighted by Crippen LogP contribution is 2.36. The number of hydrogen-bond acceptors (Lipinski definition) is 8. The van der Waals surface area contributed by atoms with Gasteiger partial charge in [-0.1, -0.05) is 17.4 Å². The number of anilines is 1. The minimum Gasteiger partial charge on any atom is -0.494 e. The van der Waals surface area contributed by atoms with Gasteiger partial charge in [-0.05, 0) is 55.7 Å². The van der Waals surface area contributed by atoms with Gasteiger partial charge in [0.1, 0.15) is 17.1 Å². The number of amides is 1. The molecule has 1 saturated heterocycles. The van der Waals surface area contributed by atoms with Crippen molar-refractivity contribution in [2.24, 2.45) is 0 Å². The molecule has 1 aliphatic heterocycles. The Labute approximate surface area is 233 Å². The second-order valence-corrected chi connectivity index (χ2v) is 12.1. The van der Waals surface area contributed by atoms with Gasteiger partial charge in [0.15, 0.2) is 15.0 Å². The Hall–Kier alpha value is -2.31. The van der Waals surface area contributed by atoms with Gasteiger partial charge in [-0.25, -0.2) is 17.8 Å². The number of aryl methyl sites for hydroxylation is 1. The molecule has 0 N–H and O–H groups in total. The molecule has 0 saturated carbocycles. The fourth-order valence-electron chi connectivity index (χ4n) is 4.29. The van der Waals surface area contributed by atoms with Crippen LogP contribution in [0.15, 0.2) is 41.3 Å². The summed E-state index contributed by atoms with van der Waals surface area (Å²) in [5, 5.41) is 0.580. The zero-order chi connectivity index (χ0) is 26.4. The fourth-order valence-corrected chi connectivity index (χ4v) is 6.70. The van der Waals surface area contributed by atoms with Crippen molar-refractivity contribution in [1.29, 1.82) is 0 Å². The number of methoxy groups -OCH3 is 1. The molecule has 0 aliphatic carbocycles. The molecule has 8 nitrogen and oxygen atoms in total. The lowest BCUT2D eigenvalue weighted by Gasteiger charge is -2.27. The SMILES string of the molecule is COc1ccc(C)c2sc(N(CCCN3CCOCC3)C(=O)CCCS(=O)(=O)c3ccc(F)cc3)nc12.Cl. The quantitative estimate of drug-likeness (QED) is 0.306. The van der Waals surface area contributed by atoms with Gasteiger partial charge in [-0.2, -0.15) is 0 Å². The molecule has 1 aliphatic rings. The van der Waals surface area contributed by atoms with E-state index < -0.39 is 15.7 Å². The van der Waals surface area contributed by atoms with E-state index in [-0.39, 0.29) is 41.8 Å². The Morgan fingerprint density at radius 3 is 2.55 bits per heavy atom. The van der Waals surface area contributed by atoms with E-state index in [1.54, 1.807) is 12.0 Å². The molecule has 1 amide bonds. The standard InChI is InChI=1S/C26H32FN3O5S2.ClH/c1-19-6-11-22(34-2)24-25(19)36-26(28-24)30(13-4-12-29-14-16-35-17-15-29)23(31)5-3-18-37(32,33)21-9-7-20(27)8-10-21;/h6-11H,3-5,12-18H2,1-2H3;1H. The topological polar surface area (TPSA) is 89.0 Å². The van der Waals surface area contributed by atoms with Crippen LogP contribution in [0.2, 0.25) is 0 Å². The smallest absolute Gasteiger partial charge is 0.228 e. The molecule has 3 aromatic rings. The molecule has 2 aromatic carbocycles. The monoisotopic (exact) mass is 585 g/mol. The van der Waals surface area contributed by atoms with E-state index in [1.807, 2.05) is 19.1 Å². The highest BCUT2D eigenvalue weighted by atomic mass is 35.5. The first kappa shape index (κ1) is 30.2. The molecule has 0 unspecified atom stereocenters. The number of nitrogens with zero attached hydrogens (tertiary/aromatic N) is 3. The van der Waals surface area contributed by atoms with Crippen LogP contribution < -0.4 is 9.64 Å². The maximum absolute atomic E-state index is 13.4. The summed E-state index contributed by atoms with van der Waals surface area (Å²) < 4.78 is 50.3. The summed E-state index contributed by atoms with van der Waals surface area (Å²) in [6.45, 7) is 6.46. The summed E-state index contributed by atoms with van der Waals surface area (Å²) in [4.78, 5) is 22.2. The lowest BCUT2D eigenvalue weighted by atomic mass is 10.2. The molecule has 12 heteroatoms. The van der Waals surface area contributed by atoms with Gasteiger partial charge in [0.05, 0.1) is 35.7 Å². The third kappa shape index (κ3) is 7.41. The van der Waals surface area contributed by atoms with Gasteiger partial charge in [0, 0.05) is 32.6 Å². The van der Waals surface area contributed by atoms with Crippen LogP contribution in [-0.4, -0.2) is 76.5 Å². The van der Waals surface area contributed by atoms with Crippen LogP contribution in [0.1, 0.15) is 24.8 Å². The summed E-state index contributed by atoms with van der Waals surface area (Å²) in [5.74, 6) is -0.218. The first-order chi connectivity index (χ1) is 17.8. The summed E-state index contributed by atoms with van der Waals surface area (Å²) in [6, 6.07) is 8.58. The molecule has 1 fully saturated rings. The number of rotatable bonds is 11. The van der Waals surface area contributed by atoms with Crippen molar-refractivity contribution in [2.45, 2.75) is 31.1 Å². The van der Waals surface area contributed by atoms with Gasteiger partial charge < -0.3 is 9.47 Å². The van der Waals surface area contributed by atoms with Gasteiger partial charge in [-0.15, -0.1) is 12.4 Å². The molecule has 208 valence electrons. The Balaban J connectivity index is 0.00000400. The van der Waals surface area contributed by atoms with Crippen LogP contribution in [-0.2, 0) is 19.4 Å². The number of benzene rings is 2. The minimum atomic E-state index is -3.62. The number of sulfone groups is 1. The maximum atomic E-state index is 13.4. The van der Waals surface area contributed by atoms with E-state index in [4.69, 9.17) is 14.5 Å². The molecule has 0 bridgehead atoms. The summed E-state index contributed by atoms with van der Waals surface area (Å²) in [6.07, 6.45) is 0.974. The van der Waals surface area contributed by atoms with Crippen molar-refractivity contribution >= 4 is 54.8 Å². The molecule has 1 aromatic heterocycles. The Morgan fingerprint density at radius 2 is 1.87 bits per heavy atom. The van der Waals surface area contributed by atoms with Crippen molar-refractivity contribution in [3.8, 4) is 5.75 Å². The van der Waals surface area contributed by atoms with Crippen LogP contribution in [0.3, 0.4) is 0 Å².